The van der Waals surface area contributed by atoms with Crippen LogP contribution in [-0.4, -0.2) is 23.9 Å². The number of likely N-dealkylation sites (N-methyl/N-ethyl adjacent to an activating group) is 1. The van der Waals surface area contributed by atoms with Crippen molar-refractivity contribution in [2.45, 2.75) is 32.2 Å². The molecule has 0 spiro atoms. The number of rotatable bonds is 3. The van der Waals surface area contributed by atoms with Gasteiger partial charge in [0, 0.05) is 0 Å². The summed E-state index contributed by atoms with van der Waals surface area (Å²) in [7, 11) is 0. The number of carbonyl (C=O) groups is 2. The molecule has 12 heavy (non-hydrogen) atoms. The minimum Gasteiger partial charge on any atom is -0.303 e. The van der Waals surface area contributed by atoms with E-state index in [-0.39, 0.29) is 18.2 Å². The van der Waals surface area contributed by atoms with Crippen molar-refractivity contribution < 1.29 is 9.59 Å². The molecule has 0 saturated carbocycles. The van der Waals surface area contributed by atoms with E-state index in [0.29, 0.717) is 13.0 Å². The van der Waals surface area contributed by atoms with Crippen molar-refractivity contribution in [1.82, 2.24) is 10.6 Å². The van der Waals surface area contributed by atoms with Gasteiger partial charge < -0.3 is 5.32 Å². The lowest BCUT2D eigenvalue weighted by Gasteiger charge is -2.23. The minimum absolute atomic E-state index is 0.178. The van der Waals surface area contributed by atoms with Crippen molar-refractivity contribution in [3.63, 3.8) is 0 Å². The molecule has 1 atom stereocenters. The largest absolute Gasteiger partial charge is 0.303 e. The molecule has 0 aromatic rings. The number of amides is 2. The highest BCUT2D eigenvalue weighted by molar-refractivity contribution is 6.08. The van der Waals surface area contributed by atoms with Crippen molar-refractivity contribution in [3.8, 4) is 0 Å². The molecule has 0 aliphatic carbocycles. The van der Waals surface area contributed by atoms with Crippen LogP contribution in [0.1, 0.15) is 26.7 Å². The topological polar surface area (TPSA) is 58.2 Å². The van der Waals surface area contributed by atoms with Gasteiger partial charge in [-0.05, 0) is 13.0 Å². The zero-order chi connectivity index (χ0) is 9.19. The number of hydrogen-bond donors (Lipinski definition) is 2. The normalized spacial score (nSPS) is 29.2. The van der Waals surface area contributed by atoms with Gasteiger partial charge in [0.15, 0.2) is 0 Å². The van der Waals surface area contributed by atoms with Crippen molar-refractivity contribution in [3.05, 3.63) is 0 Å². The van der Waals surface area contributed by atoms with Crippen LogP contribution in [0, 0.1) is 0 Å². The summed E-state index contributed by atoms with van der Waals surface area (Å²) < 4.78 is 0. The summed E-state index contributed by atoms with van der Waals surface area (Å²) in [6.07, 6.45) is 0.925. The van der Waals surface area contributed by atoms with Crippen molar-refractivity contribution >= 4 is 11.8 Å². The fourth-order valence-electron chi connectivity index (χ4n) is 1.54. The maximum absolute atomic E-state index is 11.3. The van der Waals surface area contributed by atoms with Gasteiger partial charge >= 0.3 is 0 Å². The van der Waals surface area contributed by atoms with Crippen molar-refractivity contribution in [2.24, 2.45) is 0 Å². The summed E-state index contributed by atoms with van der Waals surface area (Å²) >= 11 is 0. The van der Waals surface area contributed by atoms with E-state index < -0.39 is 5.54 Å². The Kier molecular flexibility index (Phi) is 2.47. The Bertz CT molecular complexity index is 215. The van der Waals surface area contributed by atoms with Gasteiger partial charge in [0.05, 0.1) is 6.42 Å². The molecule has 4 heteroatoms. The predicted molar refractivity (Wildman–Crippen MR) is 44.5 cm³/mol. The van der Waals surface area contributed by atoms with Gasteiger partial charge in [0.1, 0.15) is 5.54 Å². The fraction of sp³-hybridized carbons (Fsp3) is 0.750. The van der Waals surface area contributed by atoms with Crippen LogP contribution in [0.4, 0.5) is 0 Å². The van der Waals surface area contributed by atoms with Crippen LogP contribution < -0.4 is 10.6 Å². The van der Waals surface area contributed by atoms with Crippen molar-refractivity contribution in [1.29, 1.82) is 0 Å². The highest BCUT2D eigenvalue weighted by Gasteiger charge is 2.44. The van der Waals surface area contributed by atoms with E-state index in [0.717, 1.165) is 0 Å². The second-order valence-electron chi connectivity index (χ2n) is 3.02. The molecule has 1 fully saturated rings. The zero-order valence-corrected chi connectivity index (χ0v) is 7.44. The van der Waals surface area contributed by atoms with Gasteiger partial charge in [-0.3, -0.25) is 14.9 Å². The van der Waals surface area contributed by atoms with Gasteiger partial charge in [-0.2, -0.15) is 0 Å². The second-order valence-corrected chi connectivity index (χ2v) is 3.02. The Morgan fingerprint density at radius 2 is 2.17 bits per heavy atom. The smallest absolute Gasteiger partial charge is 0.247 e. The molecular formula is C8H14N2O2. The Morgan fingerprint density at radius 1 is 1.50 bits per heavy atom. The SMILES string of the molecule is CCNC1(CC)CC(=O)NC1=O. The van der Waals surface area contributed by atoms with Gasteiger partial charge in [-0.1, -0.05) is 13.8 Å². The van der Waals surface area contributed by atoms with E-state index in [1.165, 1.54) is 0 Å². The number of imide groups is 1. The van der Waals surface area contributed by atoms with Crippen LogP contribution in [-0.2, 0) is 9.59 Å². The van der Waals surface area contributed by atoms with Crippen LogP contribution in [0.5, 0.6) is 0 Å². The van der Waals surface area contributed by atoms with E-state index in [1.807, 2.05) is 13.8 Å². The molecule has 1 saturated heterocycles. The first kappa shape index (κ1) is 9.19. The van der Waals surface area contributed by atoms with Crippen LogP contribution in [0.15, 0.2) is 0 Å². The summed E-state index contributed by atoms with van der Waals surface area (Å²) in [6, 6.07) is 0. The van der Waals surface area contributed by atoms with Crippen LogP contribution in [0.2, 0.25) is 0 Å². The molecule has 0 aromatic heterocycles. The summed E-state index contributed by atoms with van der Waals surface area (Å²) in [5.74, 6) is -0.361. The molecule has 1 heterocycles. The zero-order valence-electron chi connectivity index (χ0n) is 7.44. The lowest BCUT2D eigenvalue weighted by molar-refractivity contribution is -0.126. The molecule has 0 aromatic carbocycles. The highest BCUT2D eigenvalue weighted by atomic mass is 16.2. The maximum Gasteiger partial charge on any atom is 0.247 e. The Balaban J connectivity index is 2.78. The third kappa shape index (κ3) is 1.34. The molecule has 1 unspecified atom stereocenters. The monoisotopic (exact) mass is 170 g/mol. The third-order valence-corrected chi connectivity index (χ3v) is 2.27. The van der Waals surface area contributed by atoms with E-state index in [4.69, 9.17) is 0 Å². The first-order valence-electron chi connectivity index (χ1n) is 4.24. The fourth-order valence-corrected chi connectivity index (χ4v) is 1.54. The molecule has 68 valence electrons. The van der Waals surface area contributed by atoms with E-state index >= 15 is 0 Å². The van der Waals surface area contributed by atoms with Crippen LogP contribution in [0.25, 0.3) is 0 Å². The molecule has 1 rings (SSSR count). The van der Waals surface area contributed by atoms with Crippen LogP contribution >= 0.6 is 0 Å². The summed E-state index contributed by atoms with van der Waals surface area (Å²) in [6.45, 7) is 4.53. The molecule has 0 bridgehead atoms. The molecular weight excluding hydrogens is 156 g/mol. The Labute approximate surface area is 71.7 Å². The molecule has 1 aliphatic rings. The quantitative estimate of drug-likeness (QED) is 0.576. The lowest BCUT2D eigenvalue weighted by Crippen LogP contribution is -2.50. The summed E-state index contributed by atoms with van der Waals surface area (Å²) in [4.78, 5) is 22.3. The Hall–Kier alpha value is -0.900. The molecule has 1 aliphatic heterocycles. The van der Waals surface area contributed by atoms with E-state index in [1.54, 1.807) is 0 Å². The number of hydrogen-bond acceptors (Lipinski definition) is 3. The number of carbonyl (C=O) groups excluding carboxylic acids is 2. The minimum atomic E-state index is -0.633. The van der Waals surface area contributed by atoms with Gasteiger partial charge in [0.25, 0.3) is 0 Å². The lowest BCUT2D eigenvalue weighted by atomic mass is 9.94. The van der Waals surface area contributed by atoms with E-state index in [2.05, 4.69) is 10.6 Å². The maximum atomic E-state index is 11.3. The standard InChI is InChI=1S/C8H14N2O2/c1-3-8(9-4-2)5-6(11)10-7(8)12/h9H,3-5H2,1-2H3,(H,10,11,12). The molecule has 2 N–H and O–H groups in total. The number of nitrogens with one attached hydrogen (secondary N) is 2. The van der Waals surface area contributed by atoms with Crippen LogP contribution in [0.3, 0.4) is 0 Å². The molecule has 0 radical (unpaired) electrons. The third-order valence-electron chi connectivity index (χ3n) is 2.27. The summed E-state index contributed by atoms with van der Waals surface area (Å²) in [5.41, 5.74) is -0.633. The summed E-state index contributed by atoms with van der Waals surface area (Å²) in [5, 5.41) is 5.36. The highest BCUT2D eigenvalue weighted by Crippen LogP contribution is 2.20. The van der Waals surface area contributed by atoms with E-state index in [9.17, 15) is 9.59 Å². The first-order chi connectivity index (χ1) is 5.64. The molecule has 2 amide bonds. The first-order valence-corrected chi connectivity index (χ1v) is 4.24. The Morgan fingerprint density at radius 3 is 2.50 bits per heavy atom. The molecule has 4 nitrogen and oxygen atoms in total. The average Bonchev–Trinajstić information content (AvgIpc) is 2.28. The average molecular weight is 170 g/mol. The van der Waals surface area contributed by atoms with Gasteiger partial charge in [-0.25, -0.2) is 0 Å². The van der Waals surface area contributed by atoms with Gasteiger partial charge in [0.2, 0.25) is 11.8 Å². The second kappa shape index (κ2) is 3.23. The van der Waals surface area contributed by atoms with Crippen molar-refractivity contribution in [2.75, 3.05) is 6.54 Å². The van der Waals surface area contributed by atoms with Gasteiger partial charge in [-0.15, -0.1) is 0 Å². The predicted octanol–water partition coefficient (Wildman–Crippen LogP) is -0.209.